The number of aromatic nitrogens is 3. The molecule has 0 unspecified atom stereocenters. The molecule has 3 rings (SSSR count). The zero-order valence-electron chi connectivity index (χ0n) is 10.5. The normalized spacial score (nSPS) is 15.9. The summed E-state index contributed by atoms with van der Waals surface area (Å²) in [6.07, 6.45) is 1.34. The summed E-state index contributed by atoms with van der Waals surface area (Å²) in [5.74, 6) is -0.153. The summed E-state index contributed by atoms with van der Waals surface area (Å²) in [5, 5.41) is 13.3. The molecule has 1 saturated heterocycles. The quantitative estimate of drug-likeness (QED) is 0.852. The van der Waals surface area contributed by atoms with Crippen LogP contribution >= 0.6 is 0 Å². The molecule has 2 aromatic rings. The number of carboxylic acids is 1. The summed E-state index contributed by atoms with van der Waals surface area (Å²) >= 11 is 0. The van der Waals surface area contributed by atoms with Crippen molar-refractivity contribution < 1.29 is 14.6 Å². The largest absolute Gasteiger partial charge is 0.477 e. The number of morpholine rings is 1. The lowest BCUT2D eigenvalue weighted by molar-refractivity contribution is 0.0698. The fourth-order valence-corrected chi connectivity index (χ4v) is 2.23. The highest BCUT2D eigenvalue weighted by atomic mass is 16.5. The number of hydrogen-bond donors (Lipinski definition) is 1. The summed E-state index contributed by atoms with van der Waals surface area (Å²) in [6.45, 7) is 4.70. The van der Waals surface area contributed by atoms with Gasteiger partial charge in [-0.25, -0.2) is 9.78 Å². The van der Waals surface area contributed by atoms with Gasteiger partial charge in [-0.3, -0.25) is 0 Å². The minimum Gasteiger partial charge on any atom is -0.477 e. The van der Waals surface area contributed by atoms with Gasteiger partial charge >= 0.3 is 5.97 Å². The maximum Gasteiger partial charge on any atom is 0.341 e. The van der Waals surface area contributed by atoms with Gasteiger partial charge in [-0.2, -0.15) is 9.61 Å². The number of hydrogen-bond acceptors (Lipinski definition) is 5. The van der Waals surface area contributed by atoms with Gasteiger partial charge in [0.05, 0.1) is 19.4 Å². The molecule has 0 aromatic carbocycles. The van der Waals surface area contributed by atoms with Gasteiger partial charge in [0, 0.05) is 24.8 Å². The molecular formula is C12H14N4O3. The van der Waals surface area contributed by atoms with E-state index in [9.17, 15) is 4.79 Å². The van der Waals surface area contributed by atoms with Crippen molar-refractivity contribution in [3.8, 4) is 0 Å². The number of carboxylic acid groups (broad SMARTS) is 1. The lowest BCUT2D eigenvalue weighted by Crippen LogP contribution is -2.37. The molecule has 2 aromatic heterocycles. The third kappa shape index (κ3) is 2.01. The molecule has 0 spiro atoms. The average molecular weight is 262 g/mol. The fourth-order valence-electron chi connectivity index (χ4n) is 2.23. The summed E-state index contributed by atoms with van der Waals surface area (Å²) in [5.41, 5.74) is 1.28. The second kappa shape index (κ2) is 4.51. The standard InChI is InChI=1S/C12H14N4O3/c1-8-6-10(15-2-4-19-5-3-15)16-11(14-8)9(7-13-16)12(17)18/h6-7H,2-5H2,1H3,(H,17,18). The molecule has 1 aliphatic rings. The van der Waals surface area contributed by atoms with E-state index in [-0.39, 0.29) is 5.56 Å². The molecule has 100 valence electrons. The summed E-state index contributed by atoms with van der Waals surface area (Å²) in [4.78, 5) is 17.6. The Morgan fingerprint density at radius 3 is 2.84 bits per heavy atom. The number of carbonyl (C=O) groups is 1. The average Bonchev–Trinajstić information content (AvgIpc) is 2.82. The molecule has 0 aliphatic carbocycles. The molecule has 1 fully saturated rings. The van der Waals surface area contributed by atoms with E-state index in [0.29, 0.717) is 18.9 Å². The number of nitrogens with zero attached hydrogens (tertiary/aromatic N) is 4. The fraction of sp³-hybridized carbons (Fsp3) is 0.417. The van der Waals surface area contributed by atoms with E-state index in [1.807, 2.05) is 13.0 Å². The van der Waals surface area contributed by atoms with Crippen molar-refractivity contribution in [3.05, 3.63) is 23.5 Å². The van der Waals surface area contributed by atoms with Crippen LogP contribution in [0.5, 0.6) is 0 Å². The molecule has 7 heteroatoms. The molecule has 0 amide bonds. The van der Waals surface area contributed by atoms with Crippen LogP contribution in [0.1, 0.15) is 16.1 Å². The van der Waals surface area contributed by atoms with Crippen molar-refractivity contribution in [3.63, 3.8) is 0 Å². The van der Waals surface area contributed by atoms with Gasteiger partial charge in [-0.05, 0) is 6.92 Å². The monoisotopic (exact) mass is 262 g/mol. The van der Waals surface area contributed by atoms with Crippen molar-refractivity contribution in [2.75, 3.05) is 31.2 Å². The number of ether oxygens (including phenoxy) is 1. The van der Waals surface area contributed by atoms with Crippen LogP contribution in [0.3, 0.4) is 0 Å². The number of fused-ring (bicyclic) bond motifs is 1. The van der Waals surface area contributed by atoms with Gasteiger partial charge in [-0.15, -0.1) is 0 Å². The Bertz CT molecular complexity index is 631. The predicted octanol–water partition coefficient (Wildman–Crippen LogP) is 0.573. The summed E-state index contributed by atoms with van der Waals surface area (Å²) < 4.78 is 6.91. The lowest BCUT2D eigenvalue weighted by Gasteiger charge is -2.29. The first-order valence-electron chi connectivity index (χ1n) is 6.08. The van der Waals surface area contributed by atoms with Crippen molar-refractivity contribution in [2.45, 2.75) is 6.92 Å². The highest BCUT2D eigenvalue weighted by Crippen LogP contribution is 2.20. The number of aromatic carboxylic acids is 1. The van der Waals surface area contributed by atoms with Gasteiger partial charge in [0.2, 0.25) is 0 Å². The Morgan fingerprint density at radius 1 is 1.42 bits per heavy atom. The highest BCUT2D eigenvalue weighted by molar-refractivity contribution is 5.94. The minimum atomic E-state index is -1.01. The summed E-state index contributed by atoms with van der Waals surface area (Å²) in [7, 11) is 0. The van der Waals surface area contributed by atoms with Gasteiger partial charge in [0.15, 0.2) is 5.65 Å². The molecule has 1 aliphatic heterocycles. The third-order valence-corrected chi connectivity index (χ3v) is 3.15. The van der Waals surface area contributed by atoms with E-state index in [0.717, 1.165) is 24.6 Å². The molecule has 0 radical (unpaired) electrons. The van der Waals surface area contributed by atoms with E-state index in [1.54, 1.807) is 4.52 Å². The zero-order chi connectivity index (χ0) is 13.4. The second-order valence-electron chi connectivity index (χ2n) is 4.45. The topological polar surface area (TPSA) is 80.0 Å². The smallest absolute Gasteiger partial charge is 0.341 e. The van der Waals surface area contributed by atoms with E-state index >= 15 is 0 Å². The van der Waals surface area contributed by atoms with E-state index in [1.165, 1.54) is 6.20 Å². The Balaban J connectivity index is 2.15. The third-order valence-electron chi connectivity index (χ3n) is 3.15. The Kier molecular flexibility index (Phi) is 2.83. The predicted molar refractivity (Wildman–Crippen MR) is 67.7 cm³/mol. The minimum absolute atomic E-state index is 0.123. The molecule has 3 heterocycles. The van der Waals surface area contributed by atoms with Gasteiger partial charge in [-0.1, -0.05) is 0 Å². The van der Waals surface area contributed by atoms with Crippen molar-refractivity contribution in [2.24, 2.45) is 0 Å². The first-order valence-corrected chi connectivity index (χ1v) is 6.08. The van der Waals surface area contributed by atoms with Crippen LogP contribution in [0.15, 0.2) is 12.3 Å². The van der Waals surface area contributed by atoms with Crippen LogP contribution in [0, 0.1) is 6.92 Å². The molecule has 0 atom stereocenters. The highest BCUT2D eigenvalue weighted by Gasteiger charge is 2.19. The van der Waals surface area contributed by atoms with Crippen LogP contribution < -0.4 is 4.90 Å². The van der Waals surface area contributed by atoms with Gasteiger partial charge in [0.1, 0.15) is 11.4 Å². The molecule has 19 heavy (non-hydrogen) atoms. The SMILES string of the molecule is Cc1cc(N2CCOCC2)n2ncc(C(=O)O)c2n1. The number of aryl methyl sites for hydroxylation is 1. The molecule has 0 saturated carbocycles. The van der Waals surface area contributed by atoms with Crippen LogP contribution in [-0.4, -0.2) is 52.0 Å². The Morgan fingerprint density at radius 2 is 2.16 bits per heavy atom. The maximum atomic E-state index is 11.1. The molecule has 1 N–H and O–H groups in total. The first-order chi connectivity index (χ1) is 9.16. The van der Waals surface area contributed by atoms with E-state index in [4.69, 9.17) is 9.84 Å². The number of anilines is 1. The second-order valence-corrected chi connectivity index (χ2v) is 4.45. The summed E-state index contributed by atoms with van der Waals surface area (Å²) in [6, 6.07) is 1.91. The first kappa shape index (κ1) is 11.9. The molecule has 0 bridgehead atoms. The van der Waals surface area contributed by atoms with E-state index < -0.39 is 5.97 Å². The maximum absolute atomic E-state index is 11.1. The molecular weight excluding hydrogens is 248 g/mol. The Labute approximate surface area is 109 Å². The van der Waals surface area contributed by atoms with Gasteiger partial charge < -0.3 is 14.7 Å². The van der Waals surface area contributed by atoms with E-state index in [2.05, 4.69) is 15.0 Å². The van der Waals surface area contributed by atoms with Crippen molar-refractivity contribution in [1.82, 2.24) is 14.6 Å². The number of rotatable bonds is 2. The van der Waals surface area contributed by atoms with Crippen LogP contribution in [-0.2, 0) is 4.74 Å². The van der Waals surface area contributed by atoms with Crippen molar-refractivity contribution >= 4 is 17.4 Å². The van der Waals surface area contributed by atoms with Crippen LogP contribution in [0.25, 0.3) is 5.65 Å². The van der Waals surface area contributed by atoms with Crippen LogP contribution in [0.2, 0.25) is 0 Å². The Hall–Kier alpha value is -2.15. The lowest BCUT2D eigenvalue weighted by atomic mass is 10.3. The van der Waals surface area contributed by atoms with Crippen LogP contribution in [0.4, 0.5) is 5.82 Å². The van der Waals surface area contributed by atoms with Crippen molar-refractivity contribution in [1.29, 1.82) is 0 Å². The zero-order valence-corrected chi connectivity index (χ0v) is 10.5. The molecule has 7 nitrogen and oxygen atoms in total. The van der Waals surface area contributed by atoms with Gasteiger partial charge in [0.25, 0.3) is 0 Å².